The number of amides is 1. The second-order valence-electron chi connectivity index (χ2n) is 6.53. The van der Waals surface area contributed by atoms with Gasteiger partial charge in [-0.3, -0.25) is 9.69 Å². The van der Waals surface area contributed by atoms with Gasteiger partial charge in [0.25, 0.3) is 0 Å². The zero-order valence-electron chi connectivity index (χ0n) is 14.6. The molecule has 2 aromatic carbocycles. The Kier molecular flexibility index (Phi) is 5.76. The van der Waals surface area contributed by atoms with Crippen molar-refractivity contribution in [3.05, 3.63) is 59.9 Å². The normalized spacial score (nSPS) is 17.3. The van der Waals surface area contributed by atoms with Crippen molar-refractivity contribution in [3.8, 4) is 0 Å². The van der Waals surface area contributed by atoms with Crippen LogP contribution >= 0.6 is 11.8 Å². The highest BCUT2D eigenvalue weighted by Crippen LogP contribution is 2.37. The lowest BCUT2D eigenvalue weighted by Gasteiger charge is -2.25. The molecule has 0 fully saturated rings. The second kappa shape index (κ2) is 8.02. The molecule has 3 rings (SSSR count). The second-order valence-corrected chi connectivity index (χ2v) is 8.01. The molecule has 25 heavy (non-hydrogen) atoms. The van der Waals surface area contributed by atoms with Gasteiger partial charge in [-0.1, -0.05) is 31.2 Å². The highest BCUT2D eigenvalue weighted by atomic mass is 32.2. The number of hydrogen-bond acceptors (Lipinski definition) is 3. The fourth-order valence-corrected chi connectivity index (χ4v) is 4.13. The maximum absolute atomic E-state index is 13.0. The van der Waals surface area contributed by atoms with Gasteiger partial charge in [-0.25, -0.2) is 4.39 Å². The van der Waals surface area contributed by atoms with E-state index in [1.165, 1.54) is 17.0 Å². The van der Waals surface area contributed by atoms with Crippen molar-refractivity contribution < 1.29 is 9.18 Å². The molecule has 0 N–H and O–H groups in total. The Balaban J connectivity index is 1.69. The first-order valence-electron chi connectivity index (χ1n) is 8.52. The minimum absolute atomic E-state index is 0.103. The van der Waals surface area contributed by atoms with Crippen molar-refractivity contribution in [2.75, 3.05) is 25.0 Å². The van der Waals surface area contributed by atoms with Crippen molar-refractivity contribution >= 4 is 23.4 Å². The lowest BCUT2D eigenvalue weighted by molar-refractivity contribution is -0.119. The van der Waals surface area contributed by atoms with Crippen LogP contribution in [0.15, 0.2) is 53.4 Å². The largest absolute Gasteiger partial charge is 0.310 e. The van der Waals surface area contributed by atoms with Gasteiger partial charge in [0.2, 0.25) is 5.91 Å². The standard InChI is InChI=1S/C20H23FN2OS/c1-15-11-12-23(18-5-3-4-6-19(18)25-15)20(24)14-22(2)13-16-7-9-17(21)10-8-16/h3-10,15H,11-14H2,1-2H3. The fourth-order valence-electron chi connectivity index (χ4n) is 3.02. The van der Waals surface area contributed by atoms with Gasteiger partial charge in [0.1, 0.15) is 5.82 Å². The summed E-state index contributed by atoms with van der Waals surface area (Å²) in [5.74, 6) is -0.137. The Bertz CT molecular complexity index is 735. The molecule has 0 spiro atoms. The summed E-state index contributed by atoms with van der Waals surface area (Å²) >= 11 is 1.83. The minimum Gasteiger partial charge on any atom is -0.310 e. The number of fused-ring (bicyclic) bond motifs is 1. The fraction of sp³-hybridized carbons (Fsp3) is 0.350. The Labute approximate surface area is 152 Å². The van der Waals surface area contributed by atoms with E-state index in [9.17, 15) is 9.18 Å². The van der Waals surface area contributed by atoms with E-state index in [2.05, 4.69) is 13.0 Å². The smallest absolute Gasteiger partial charge is 0.241 e. The van der Waals surface area contributed by atoms with Gasteiger partial charge in [-0.15, -0.1) is 11.8 Å². The van der Waals surface area contributed by atoms with E-state index in [-0.39, 0.29) is 11.7 Å². The molecule has 3 nitrogen and oxygen atoms in total. The van der Waals surface area contributed by atoms with Crippen LogP contribution in [0, 0.1) is 5.82 Å². The Morgan fingerprint density at radius 3 is 2.72 bits per heavy atom. The van der Waals surface area contributed by atoms with Crippen LogP contribution in [0.4, 0.5) is 10.1 Å². The molecule has 0 saturated carbocycles. The van der Waals surface area contributed by atoms with Gasteiger partial charge in [0.15, 0.2) is 0 Å². The van der Waals surface area contributed by atoms with Gasteiger partial charge in [0.05, 0.1) is 12.2 Å². The van der Waals surface area contributed by atoms with Crippen LogP contribution in [0.25, 0.3) is 0 Å². The van der Waals surface area contributed by atoms with Crippen LogP contribution < -0.4 is 4.90 Å². The number of nitrogens with zero attached hydrogens (tertiary/aromatic N) is 2. The van der Waals surface area contributed by atoms with Crippen molar-refractivity contribution in [1.82, 2.24) is 4.90 Å². The third kappa shape index (κ3) is 4.61. The Hall–Kier alpha value is -1.85. The number of benzene rings is 2. The lowest BCUT2D eigenvalue weighted by Crippen LogP contribution is -2.39. The first-order chi connectivity index (χ1) is 12.0. The van der Waals surface area contributed by atoms with Crippen LogP contribution in [0.1, 0.15) is 18.9 Å². The number of carbonyl (C=O) groups is 1. The molecule has 0 saturated heterocycles. The van der Waals surface area contributed by atoms with Crippen LogP contribution in [-0.2, 0) is 11.3 Å². The lowest BCUT2D eigenvalue weighted by atomic mass is 10.2. The highest BCUT2D eigenvalue weighted by Gasteiger charge is 2.24. The van der Waals surface area contributed by atoms with Crippen LogP contribution in [0.5, 0.6) is 0 Å². The van der Waals surface area contributed by atoms with Gasteiger partial charge in [-0.2, -0.15) is 0 Å². The molecule has 0 aliphatic carbocycles. The van der Waals surface area contributed by atoms with E-state index in [1.807, 2.05) is 46.8 Å². The zero-order valence-corrected chi connectivity index (χ0v) is 15.4. The third-order valence-electron chi connectivity index (χ3n) is 4.32. The third-order valence-corrected chi connectivity index (χ3v) is 5.55. The molecule has 2 aromatic rings. The Morgan fingerprint density at radius 2 is 1.96 bits per heavy atom. The SMILES string of the molecule is CC1CCN(C(=O)CN(C)Cc2ccc(F)cc2)c2ccccc2S1. The summed E-state index contributed by atoms with van der Waals surface area (Å²) in [6.45, 7) is 3.90. The molecule has 0 bridgehead atoms. The van der Waals surface area contributed by atoms with Gasteiger partial charge < -0.3 is 4.90 Å². The van der Waals surface area contributed by atoms with Gasteiger partial charge >= 0.3 is 0 Å². The number of carbonyl (C=O) groups excluding carboxylic acids is 1. The Morgan fingerprint density at radius 1 is 1.24 bits per heavy atom. The summed E-state index contributed by atoms with van der Waals surface area (Å²) in [5.41, 5.74) is 2.01. The number of halogens is 1. The molecule has 1 amide bonds. The molecule has 1 atom stereocenters. The van der Waals surface area contributed by atoms with Gasteiger partial charge in [-0.05, 0) is 43.3 Å². The molecular formula is C20H23FN2OS. The number of para-hydroxylation sites is 1. The molecule has 5 heteroatoms. The van der Waals surface area contributed by atoms with E-state index < -0.39 is 0 Å². The molecular weight excluding hydrogens is 335 g/mol. The van der Waals surface area contributed by atoms with E-state index in [0.29, 0.717) is 18.3 Å². The molecule has 132 valence electrons. The maximum atomic E-state index is 13.0. The summed E-state index contributed by atoms with van der Waals surface area (Å²) in [6.07, 6.45) is 0.979. The van der Waals surface area contributed by atoms with Crippen molar-refractivity contribution in [2.24, 2.45) is 0 Å². The van der Waals surface area contributed by atoms with Gasteiger partial charge in [0, 0.05) is 23.2 Å². The highest BCUT2D eigenvalue weighted by molar-refractivity contribution is 8.00. The van der Waals surface area contributed by atoms with Crippen LogP contribution in [0.2, 0.25) is 0 Å². The average molecular weight is 358 g/mol. The molecule has 1 aliphatic heterocycles. The zero-order chi connectivity index (χ0) is 17.8. The van der Waals surface area contributed by atoms with Crippen molar-refractivity contribution in [2.45, 2.75) is 30.0 Å². The minimum atomic E-state index is -0.240. The van der Waals surface area contributed by atoms with E-state index >= 15 is 0 Å². The van der Waals surface area contributed by atoms with Crippen molar-refractivity contribution in [1.29, 1.82) is 0 Å². The quantitative estimate of drug-likeness (QED) is 0.819. The number of hydrogen-bond donors (Lipinski definition) is 0. The molecule has 1 unspecified atom stereocenters. The average Bonchev–Trinajstić information content (AvgIpc) is 2.75. The van der Waals surface area contributed by atoms with E-state index in [0.717, 1.165) is 24.2 Å². The summed E-state index contributed by atoms with van der Waals surface area (Å²) in [6, 6.07) is 14.5. The maximum Gasteiger partial charge on any atom is 0.241 e. The summed E-state index contributed by atoms with van der Waals surface area (Å²) in [7, 11) is 1.92. The summed E-state index contributed by atoms with van der Waals surface area (Å²) in [4.78, 5) is 17.9. The van der Waals surface area contributed by atoms with Crippen LogP contribution in [0.3, 0.4) is 0 Å². The summed E-state index contributed by atoms with van der Waals surface area (Å²) in [5, 5.41) is 0.496. The number of anilines is 1. The predicted octanol–water partition coefficient (Wildman–Crippen LogP) is 4.18. The van der Waals surface area contributed by atoms with Crippen LogP contribution in [-0.4, -0.2) is 36.2 Å². The number of rotatable bonds is 4. The molecule has 0 aromatic heterocycles. The van der Waals surface area contributed by atoms with E-state index in [1.54, 1.807) is 12.1 Å². The molecule has 1 heterocycles. The first kappa shape index (κ1) is 18.0. The molecule has 1 aliphatic rings. The number of likely N-dealkylation sites (N-methyl/N-ethyl adjacent to an activating group) is 1. The topological polar surface area (TPSA) is 23.6 Å². The first-order valence-corrected chi connectivity index (χ1v) is 9.40. The number of thioether (sulfide) groups is 1. The molecule has 0 radical (unpaired) electrons. The predicted molar refractivity (Wildman–Crippen MR) is 101 cm³/mol. The van der Waals surface area contributed by atoms with E-state index in [4.69, 9.17) is 0 Å². The van der Waals surface area contributed by atoms with Crippen molar-refractivity contribution in [3.63, 3.8) is 0 Å². The summed E-state index contributed by atoms with van der Waals surface area (Å²) < 4.78 is 13.0. The monoisotopic (exact) mass is 358 g/mol.